The molecule has 186 valence electrons. The molecule has 0 fully saturated rings. The highest BCUT2D eigenvalue weighted by atomic mass is 19.1. The number of allylic oxidation sites excluding steroid dienone is 3. The van der Waals surface area contributed by atoms with Gasteiger partial charge in [0.15, 0.2) is 5.82 Å². The highest BCUT2D eigenvalue weighted by molar-refractivity contribution is 6.09. The van der Waals surface area contributed by atoms with Crippen molar-refractivity contribution in [2.75, 3.05) is 5.32 Å². The number of benzene rings is 1. The summed E-state index contributed by atoms with van der Waals surface area (Å²) in [5.74, 6) is -0.436. The Morgan fingerprint density at radius 2 is 2.16 bits per heavy atom. The van der Waals surface area contributed by atoms with Gasteiger partial charge in [0.25, 0.3) is 5.91 Å². The van der Waals surface area contributed by atoms with E-state index in [1.165, 1.54) is 6.07 Å². The number of nitrogens with one attached hydrogen (secondary N) is 2. The van der Waals surface area contributed by atoms with E-state index in [0.29, 0.717) is 42.6 Å². The second kappa shape index (κ2) is 9.08. The normalized spacial score (nSPS) is 18.1. The Balaban J connectivity index is 1.19. The van der Waals surface area contributed by atoms with Gasteiger partial charge in [-0.2, -0.15) is 10.2 Å². The molecule has 3 aliphatic rings. The molecule has 37 heavy (non-hydrogen) atoms. The van der Waals surface area contributed by atoms with Crippen LogP contribution in [0.2, 0.25) is 0 Å². The van der Waals surface area contributed by atoms with Gasteiger partial charge in [0.2, 0.25) is 11.9 Å². The van der Waals surface area contributed by atoms with Crippen molar-refractivity contribution in [2.24, 2.45) is 18.1 Å². The van der Waals surface area contributed by atoms with E-state index >= 15 is 0 Å². The molecular formula is C26H23FN8O2. The molecule has 0 saturated carbocycles. The molecule has 1 aliphatic carbocycles. The van der Waals surface area contributed by atoms with Crippen LogP contribution in [0.5, 0.6) is 0 Å². The van der Waals surface area contributed by atoms with E-state index in [0.717, 1.165) is 16.7 Å². The number of fused-ring (bicyclic) bond motifs is 2. The largest absolute Gasteiger partial charge is 0.328 e. The highest BCUT2D eigenvalue weighted by Crippen LogP contribution is 2.28. The fourth-order valence-corrected chi connectivity index (χ4v) is 4.75. The van der Waals surface area contributed by atoms with Gasteiger partial charge in [0, 0.05) is 44.0 Å². The first kappa shape index (κ1) is 22.8. The number of halogens is 1. The Hall–Kier alpha value is -4.67. The van der Waals surface area contributed by atoms with Crippen LogP contribution in [0, 0.1) is 11.7 Å². The number of aromatic nitrogens is 4. The maximum Gasteiger partial charge on any atom is 0.257 e. The number of amides is 2. The Morgan fingerprint density at radius 1 is 1.27 bits per heavy atom. The van der Waals surface area contributed by atoms with Gasteiger partial charge in [-0.1, -0.05) is 24.3 Å². The number of carbonyl (C=O) groups is 2. The quantitative estimate of drug-likeness (QED) is 0.559. The van der Waals surface area contributed by atoms with E-state index in [1.54, 1.807) is 40.2 Å². The molecule has 0 bridgehead atoms. The number of carbonyl (C=O) groups excluding carboxylic acids is 2. The molecule has 4 heterocycles. The molecule has 1 aromatic carbocycles. The Bertz CT molecular complexity index is 1520. The standard InChI is InChI=1S/C26H23FN8O2/c1-34-9-8-23(33-34)30-26-28-12-16-13-35(14-22(16)29-26)25(37)19-10-15(6-7-20(19)27)11-21-17-4-2-3-5-18(17)24(36)32-31-21/h2-4,6-10,12,18H,5,11,13-14H2,1H3,(H,32,36)(H,28,29,30,33). The zero-order valence-electron chi connectivity index (χ0n) is 20.0. The van der Waals surface area contributed by atoms with Crippen molar-refractivity contribution in [1.82, 2.24) is 30.1 Å². The van der Waals surface area contributed by atoms with Crippen molar-refractivity contribution < 1.29 is 14.0 Å². The maximum atomic E-state index is 14.8. The summed E-state index contributed by atoms with van der Waals surface area (Å²) in [4.78, 5) is 35.9. The van der Waals surface area contributed by atoms with Crippen LogP contribution >= 0.6 is 0 Å². The van der Waals surface area contributed by atoms with Crippen LogP contribution in [0.15, 0.2) is 65.6 Å². The third kappa shape index (κ3) is 4.39. The van der Waals surface area contributed by atoms with Crippen LogP contribution in [0.3, 0.4) is 0 Å². The van der Waals surface area contributed by atoms with Crippen molar-refractivity contribution in [1.29, 1.82) is 0 Å². The lowest BCUT2D eigenvalue weighted by atomic mass is 9.84. The second-order valence-electron chi connectivity index (χ2n) is 9.19. The summed E-state index contributed by atoms with van der Waals surface area (Å²) in [6.45, 7) is 0.540. The van der Waals surface area contributed by atoms with Gasteiger partial charge in [0.05, 0.1) is 29.4 Å². The van der Waals surface area contributed by atoms with E-state index in [9.17, 15) is 14.0 Å². The van der Waals surface area contributed by atoms with E-state index < -0.39 is 11.7 Å². The van der Waals surface area contributed by atoms with Crippen molar-refractivity contribution in [2.45, 2.75) is 25.9 Å². The first-order chi connectivity index (χ1) is 17.9. The fraction of sp³-hybridized carbons (Fsp3) is 0.231. The van der Waals surface area contributed by atoms with Crippen LogP contribution in [-0.2, 0) is 31.4 Å². The zero-order valence-corrected chi connectivity index (χ0v) is 20.0. The number of nitrogens with zero attached hydrogens (tertiary/aromatic N) is 6. The summed E-state index contributed by atoms with van der Waals surface area (Å²) in [5.41, 5.74) is 6.37. The molecule has 2 N–H and O–H groups in total. The SMILES string of the molecule is Cn1ccc(Nc2ncc3c(n2)CN(C(=O)c2cc(CC4=NNC(=O)C5CC=CC=C45)ccc2F)C3)n1. The zero-order chi connectivity index (χ0) is 25.5. The smallest absolute Gasteiger partial charge is 0.257 e. The minimum absolute atomic E-state index is 0.0142. The van der Waals surface area contributed by atoms with Crippen molar-refractivity contribution in [3.05, 3.63) is 88.7 Å². The minimum Gasteiger partial charge on any atom is -0.328 e. The molecule has 10 nitrogen and oxygen atoms in total. The number of anilines is 2. The number of aryl methyl sites for hydroxylation is 1. The highest BCUT2D eigenvalue weighted by Gasteiger charge is 2.31. The summed E-state index contributed by atoms with van der Waals surface area (Å²) >= 11 is 0. The van der Waals surface area contributed by atoms with Gasteiger partial charge < -0.3 is 10.2 Å². The van der Waals surface area contributed by atoms with Gasteiger partial charge in [-0.15, -0.1) is 0 Å². The van der Waals surface area contributed by atoms with Gasteiger partial charge in [-0.3, -0.25) is 14.3 Å². The summed E-state index contributed by atoms with van der Waals surface area (Å²) < 4.78 is 16.5. The predicted molar refractivity (Wildman–Crippen MR) is 133 cm³/mol. The summed E-state index contributed by atoms with van der Waals surface area (Å²) in [5, 5.41) is 11.5. The van der Waals surface area contributed by atoms with Gasteiger partial charge >= 0.3 is 0 Å². The van der Waals surface area contributed by atoms with Crippen LogP contribution in [0.4, 0.5) is 16.2 Å². The lowest BCUT2D eigenvalue weighted by molar-refractivity contribution is -0.124. The molecule has 11 heteroatoms. The third-order valence-electron chi connectivity index (χ3n) is 6.64. The average Bonchev–Trinajstić information content (AvgIpc) is 3.52. The first-order valence-corrected chi connectivity index (χ1v) is 11.9. The van der Waals surface area contributed by atoms with E-state index in [1.807, 2.05) is 25.3 Å². The Morgan fingerprint density at radius 3 is 3.00 bits per heavy atom. The third-order valence-corrected chi connectivity index (χ3v) is 6.64. The molecule has 0 saturated heterocycles. The van der Waals surface area contributed by atoms with E-state index in [-0.39, 0.29) is 23.9 Å². The average molecular weight is 499 g/mol. The second-order valence-corrected chi connectivity index (χ2v) is 9.19. The van der Waals surface area contributed by atoms with E-state index in [2.05, 4.69) is 30.9 Å². The molecule has 2 aromatic heterocycles. The lowest BCUT2D eigenvalue weighted by Gasteiger charge is -2.25. The van der Waals surface area contributed by atoms with Crippen LogP contribution in [-0.4, -0.2) is 42.2 Å². The van der Waals surface area contributed by atoms with E-state index in [4.69, 9.17) is 0 Å². The predicted octanol–water partition coefficient (Wildman–Crippen LogP) is 2.78. The first-order valence-electron chi connectivity index (χ1n) is 11.9. The molecule has 1 unspecified atom stereocenters. The molecule has 3 aromatic rings. The topological polar surface area (TPSA) is 117 Å². The van der Waals surface area contributed by atoms with Crippen LogP contribution < -0.4 is 10.7 Å². The maximum absolute atomic E-state index is 14.8. The molecule has 2 amide bonds. The molecule has 6 rings (SSSR count). The van der Waals surface area contributed by atoms with Gasteiger partial charge in [0.1, 0.15) is 5.82 Å². The summed E-state index contributed by atoms with van der Waals surface area (Å²) in [6, 6.07) is 6.30. The van der Waals surface area contributed by atoms with Gasteiger partial charge in [-0.25, -0.2) is 19.8 Å². The monoisotopic (exact) mass is 498 g/mol. The lowest BCUT2D eigenvalue weighted by Crippen LogP contribution is -2.37. The van der Waals surface area contributed by atoms with Crippen LogP contribution in [0.25, 0.3) is 0 Å². The molecule has 1 atom stereocenters. The number of hydrogen-bond donors (Lipinski definition) is 2. The molecule has 2 aliphatic heterocycles. The van der Waals surface area contributed by atoms with Crippen LogP contribution in [0.1, 0.15) is 33.6 Å². The number of hydrogen-bond acceptors (Lipinski definition) is 7. The van der Waals surface area contributed by atoms with Crippen molar-refractivity contribution in [3.63, 3.8) is 0 Å². The minimum atomic E-state index is -0.593. The molecular weight excluding hydrogens is 475 g/mol. The summed E-state index contributed by atoms with van der Waals surface area (Å²) in [6.07, 6.45) is 10.2. The summed E-state index contributed by atoms with van der Waals surface area (Å²) in [7, 11) is 1.81. The van der Waals surface area contributed by atoms with Gasteiger partial charge in [-0.05, 0) is 29.7 Å². The molecule has 0 radical (unpaired) electrons. The fourth-order valence-electron chi connectivity index (χ4n) is 4.75. The number of rotatable bonds is 5. The number of hydrazone groups is 1. The van der Waals surface area contributed by atoms with Crippen molar-refractivity contribution >= 4 is 29.3 Å². The molecule has 0 spiro atoms. The Labute approximate surface area is 211 Å². The van der Waals surface area contributed by atoms with Crippen molar-refractivity contribution in [3.8, 4) is 0 Å². The Kier molecular flexibility index (Phi) is 5.59.